The molecule has 0 spiro atoms. The summed E-state index contributed by atoms with van der Waals surface area (Å²) in [5.74, 6) is 0. The van der Waals surface area contributed by atoms with Crippen molar-refractivity contribution >= 4 is 15.2 Å². The summed E-state index contributed by atoms with van der Waals surface area (Å²) in [6.07, 6.45) is 5.89. The van der Waals surface area contributed by atoms with Crippen molar-refractivity contribution in [2.45, 2.75) is 57.4 Å². The monoisotopic (exact) mass is 317 g/mol. The highest BCUT2D eigenvalue weighted by atomic mass is 31.2. The minimum atomic E-state index is -4.95. The number of hydrogen-bond acceptors (Lipinski definition) is 3. The largest absolute Gasteiger partial charge is 0.357 e. The first-order valence-corrected chi connectivity index (χ1v) is 9.65. The van der Waals surface area contributed by atoms with Gasteiger partial charge in [-0.15, -0.1) is 0 Å². The Morgan fingerprint density at radius 1 is 0.895 bits per heavy atom. The Balaban J connectivity index is 4.26. The Kier molecular flexibility index (Phi) is 8.00. The van der Waals surface area contributed by atoms with Crippen molar-refractivity contribution in [2.75, 3.05) is 6.54 Å². The zero-order valence-corrected chi connectivity index (χ0v) is 13.2. The van der Waals surface area contributed by atoms with Crippen LogP contribution in [-0.4, -0.2) is 31.1 Å². The van der Waals surface area contributed by atoms with Gasteiger partial charge < -0.3 is 19.6 Å². The first-order chi connectivity index (χ1) is 8.56. The maximum Gasteiger partial charge on any atom is 0.357 e. The van der Waals surface area contributed by atoms with E-state index in [1.54, 1.807) is 0 Å². The molecule has 5 N–H and O–H groups in total. The highest BCUT2D eigenvalue weighted by molar-refractivity contribution is 7.72. The molecule has 0 unspecified atom stereocenters. The molecule has 0 atom stereocenters. The van der Waals surface area contributed by atoms with E-state index in [-0.39, 0.29) is 6.54 Å². The van der Waals surface area contributed by atoms with E-state index in [4.69, 9.17) is 19.6 Å². The van der Waals surface area contributed by atoms with Gasteiger partial charge >= 0.3 is 15.2 Å². The van der Waals surface area contributed by atoms with Crippen molar-refractivity contribution < 1.29 is 28.7 Å². The van der Waals surface area contributed by atoms with Gasteiger partial charge in [0.05, 0.1) is 0 Å². The lowest BCUT2D eigenvalue weighted by Gasteiger charge is -2.31. The molecule has 9 heteroatoms. The van der Waals surface area contributed by atoms with Crippen molar-refractivity contribution in [3.8, 4) is 0 Å². The molecule has 7 nitrogen and oxygen atoms in total. The summed E-state index contributed by atoms with van der Waals surface area (Å²) >= 11 is 0. The second kappa shape index (κ2) is 7.89. The van der Waals surface area contributed by atoms with Crippen LogP contribution in [0.4, 0.5) is 0 Å². The number of unbranched alkanes of at least 4 members (excludes halogenated alkanes) is 5. The van der Waals surface area contributed by atoms with E-state index in [9.17, 15) is 9.13 Å². The lowest BCUT2D eigenvalue weighted by molar-refractivity contribution is 0.294. The SMILES string of the molecule is CCCCCCCCNC(C)(P(=O)(O)O)P(=O)(O)O. The molecular formula is C10H25NO6P2. The molecule has 0 fully saturated rings. The van der Waals surface area contributed by atoms with E-state index in [2.05, 4.69) is 12.2 Å². The predicted octanol–water partition coefficient (Wildman–Crippen LogP) is 1.97. The summed E-state index contributed by atoms with van der Waals surface area (Å²) < 4.78 is 22.5. The molecule has 0 rings (SSSR count). The van der Waals surface area contributed by atoms with Gasteiger partial charge in [0.15, 0.2) is 0 Å². The van der Waals surface area contributed by atoms with Crippen LogP contribution >= 0.6 is 15.2 Å². The van der Waals surface area contributed by atoms with E-state index >= 15 is 0 Å². The zero-order chi connectivity index (χ0) is 15.2. The van der Waals surface area contributed by atoms with Gasteiger partial charge in [0.25, 0.3) is 0 Å². The van der Waals surface area contributed by atoms with Crippen molar-refractivity contribution in [1.29, 1.82) is 0 Å². The van der Waals surface area contributed by atoms with Gasteiger partial charge in [-0.2, -0.15) is 0 Å². The number of hydrogen-bond donors (Lipinski definition) is 5. The van der Waals surface area contributed by atoms with E-state index in [0.29, 0.717) is 6.42 Å². The molecule has 19 heavy (non-hydrogen) atoms. The molecule has 0 bridgehead atoms. The molecular weight excluding hydrogens is 292 g/mol. The van der Waals surface area contributed by atoms with Crippen LogP contribution in [-0.2, 0) is 9.13 Å². The van der Waals surface area contributed by atoms with Crippen LogP contribution in [0.3, 0.4) is 0 Å². The fraction of sp³-hybridized carbons (Fsp3) is 1.00. The average molecular weight is 317 g/mol. The molecule has 0 aromatic carbocycles. The van der Waals surface area contributed by atoms with Gasteiger partial charge in [-0.05, 0) is 19.9 Å². The van der Waals surface area contributed by atoms with Crippen molar-refractivity contribution in [3.05, 3.63) is 0 Å². The molecule has 116 valence electrons. The minimum Gasteiger partial charge on any atom is -0.323 e. The molecule has 0 aromatic rings. The van der Waals surface area contributed by atoms with E-state index in [1.807, 2.05) is 0 Å². The van der Waals surface area contributed by atoms with Gasteiger partial charge in [-0.1, -0.05) is 39.0 Å². The van der Waals surface area contributed by atoms with Gasteiger partial charge in [0.2, 0.25) is 5.02 Å². The molecule has 0 aromatic heterocycles. The summed E-state index contributed by atoms with van der Waals surface area (Å²) in [6, 6.07) is 0. The first-order valence-electron chi connectivity index (χ1n) is 6.42. The van der Waals surface area contributed by atoms with Crippen LogP contribution < -0.4 is 5.32 Å². The lowest BCUT2D eigenvalue weighted by atomic mass is 10.1. The fourth-order valence-corrected chi connectivity index (χ4v) is 3.60. The second-order valence-corrected chi connectivity index (χ2v) is 9.12. The summed E-state index contributed by atoms with van der Waals surface area (Å²) in [4.78, 5) is 36.4. The Bertz CT molecular complexity index is 328. The topological polar surface area (TPSA) is 127 Å². The van der Waals surface area contributed by atoms with Crippen LogP contribution in [0.1, 0.15) is 52.4 Å². The molecule has 0 aliphatic heterocycles. The third kappa shape index (κ3) is 6.05. The minimum absolute atomic E-state index is 0.166. The van der Waals surface area contributed by atoms with Crippen molar-refractivity contribution in [2.24, 2.45) is 0 Å². The molecule has 0 amide bonds. The number of nitrogens with one attached hydrogen (secondary N) is 1. The fourth-order valence-electron chi connectivity index (χ4n) is 1.61. The standard InChI is InChI=1S/C10H25NO6P2/c1-3-4-5-6-7-8-9-11-10(2,18(12,13)14)19(15,16)17/h11H,3-9H2,1-2H3,(H2,12,13,14)(H2,15,16,17). The van der Waals surface area contributed by atoms with Gasteiger partial charge in [0, 0.05) is 0 Å². The molecule has 0 radical (unpaired) electrons. The Morgan fingerprint density at radius 3 is 1.74 bits per heavy atom. The van der Waals surface area contributed by atoms with Crippen molar-refractivity contribution in [1.82, 2.24) is 5.32 Å². The molecule has 0 saturated carbocycles. The number of rotatable bonds is 10. The van der Waals surface area contributed by atoms with Gasteiger partial charge in [-0.25, -0.2) is 0 Å². The zero-order valence-electron chi connectivity index (χ0n) is 11.4. The molecule has 0 aliphatic rings. The summed E-state index contributed by atoms with van der Waals surface area (Å²) in [7, 11) is -9.90. The second-order valence-electron chi connectivity index (χ2n) is 4.80. The quantitative estimate of drug-likeness (QED) is 0.308. The van der Waals surface area contributed by atoms with Crippen LogP contribution in [0, 0.1) is 0 Å². The van der Waals surface area contributed by atoms with Crippen LogP contribution in [0.2, 0.25) is 0 Å². The van der Waals surface area contributed by atoms with E-state index in [1.165, 1.54) is 0 Å². The average Bonchev–Trinajstić information content (AvgIpc) is 2.24. The highest BCUT2D eigenvalue weighted by Gasteiger charge is 2.56. The highest BCUT2D eigenvalue weighted by Crippen LogP contribution is 2.67. The predicted molar refractivity (Wildman–Crippen MR) is 73.9 cm³/mol. The third-order valence-electron chi connectivity index (χ3n) is 3.12. The smallest absolute Gasteiger partial charge is 0.323 e. The van der Waals surface area contributed by atoms with Gasteiger partial charge in [-0.3, -0.25) is 14.4 Å². The maximum absolute atomic E-state index is 11.2. The Hall–Kier alpha value is 0.260. The molecule has 0 aliphatic carbocycles. The van der Waals surface area contributed by atoms with Crippen molar-refractivity contribution in [3.63, 3.8) is 0 Å². The first kappa shape index (κ1) is 19.3. The molecule has 0 heterocycles. The third-order valence-corrected chi connectivity index (χ3v) is 7.27. The molecule has 0 saturated heterocycles. The summed E-state index contributed by atoms with van der Waals surface area (Å²) in [6.45, 7) is 3.14. The van der Waals surface area contributed by atoms with Crippen LogP contribution in [0.15, 0.2) is 0 Å². The van der Waals surface area contributed by atoms with Crippen LogP contribution in [0.25, 0.3) is 0 Å². The van der Waals surface area contributed by atoms with E-state index < -0.39 is 20.2 Å². The van der Waals surface area contributed by atoms with E-state index in [0.717, 1.165) is 39.0 Å². The van der Waals surface area contributed by atoms with Crippen LogP contribution in [0.5, 0.6) is 0 Å². The summed E-state index contributed by atoms with van der Waals surface area (Å²) in [5.41, 5.74) is 0. The van der Waals surface area contributed by atoms with Gasteiger partial charge in [0.1, 0.15) is 0 Å². The normalized spacial score (nSPS) is 13.8. The summed E-state index contributed by atoms with van der Waals surface area (Å²) in [5, 5.41) is -0.156. The Morgan fingerprint density at radius 2 is 1.32 bits per heavy atom. The maximum atomic E-state index is 11.2. The Labute approximate surface area is 114 Å². The lowest BCUT2D eigenvalue weighted by Crippen LogP contribution is -2.42.